The Morgan fingerprint density at radius 1 is 0.952 bits per heavy atom. The van der Waals surface area contributed by atoms with Crippen molar-refractivity contribution in [2.45, 2.75) is 13.0 Å². The van der Waals surface area contributed by atoms with Gasteiger partial charge in [0.15, 0.2) is 0 Å². The standard InChI is InChI=1S/C18H16N2S/c1-2-4-13(5-3-1)18-20-17(12-21-18)15-6-7-16-11-19-9-8-14(16)10-15/h1-7,10,12,19H,8-9,11H2. The highest BCUT2D eigenvalue weighted by Gasteiger charge is 2.11. The van der Waals surface area contributed by atoms with Crippen LogP contribution in [0.15, 0.2) is 53.9 Å². The van der Waals surface area contributed by atoms with Crippen LogP contribution in [0.1, 0.15) is 11.1 Å². The molecule has 0 fully saturated rings. The summed E-state index contributed by atoms with van der Waals surface area (Å²) in [6.07, 6.45) is 1.11. The predicted molar refractivity (Wildman–Crippen MR) is 88.4 cm³/mol. The molecule has 1 aromatic heterocycles. The molecule has 104 valence electrons. The van der Waals surface area contributed by atoms with Crippen molar-refractivity contribution in [3.8, 4) is 21.8 Å². The molecule has 1 aliphatic rings. The van der Waals surface area contributed by atoms with E-state index in [0.717, 1.165) is 30.2 Å². The second-order valence-electron chi connectivity index (χ2n) is 5.31. The van der Waals surface area contributed by atoms with E-state index in [9.17, 15) is 0 Å². The van der Waals surface area contributed by atoms with E-state index in [2.05, 4.69) is 53.2 Å². The maximum Gasteiger partial charge on any atom is 0.124 e. The zero-order chi connectivity index (χ0) is 14.1. The van der Waals surface area contributed by atoms with Gasteiger partial charge in [-0.25, -0.2) is 4.98 Å². The van der Waals surface area contributed by atoms with Crippen molar-refractivity contribution in [3.63, 3.8) is 0 Å². The Balaban J connectivity index is 1.70. The number of aromatic nitrogens is 1. The summed E-state index contributed by atoms with van der Waals surface area (Å²) in [5.74, 6) is 0. The Kier molecular flexibility index (Phi) is 3.30. The summed E-state index contributed by atoms with van der Waals surface area (Å²) in [6, 6.07) is 17.1. The molecule has 3 heteroatoms. The summed E-state index contributed by atoms with van der Waals surface area (Å²) in [5, 5.41) is 6.66. The minimum absolute atomic E-state index is 0.988. The molecule has 0 saturated carbocycles. The van der Waals surface area contributed by atoms with Gasteiger partial charge in [0.25, 0.3) is 0 Å². The van der Waals surface area contributed by atoms with Crippen LogP contribution < -0.4 is 5.32 Å². The van der Waals surface area contributed by atoms with Gasteiger partial charge in [-0.2, -0.15) is 0 Å². The van der Waals surface area contributed by atoms with Gasteiger partial charge in [-0.05, 0) is 30.2 Å². The number of nitrogens with zero attached hydrogens (tertiary/aromatic N) is 1. The van der Waals surface area contributed by atoms with Crippen LogP contribution in [-0.4, -0.2) is 11.5 Å². The molecule has 4 rings (SSSR count). The molecule has 0 atom stereocenters. The monoisotopic (exact) mass is 292 g/mol. The van der Waals surface area contributed by atoms with E-state index in [1.54, 1.807) is 11.3 Å². The molecular weight excluding hydrogens is 276 g/mol. The molecule has 0 unspecified atom stereocenters. The molecule has 0 radical (unpaired) electrons. The zero-order valence-electron chi connectivity index (χ0n) is 11.7. The third kappa shape index (κ3) is 2.50. The number of hydrogen-bond donors (Lipinski definition) is 1. The van der Waals surface area contributed by atoms with Crippen LogP contribution in [-0.2, 0) is 13.0 Å². The topological polar surface area (TPSA) is 24.9 Å². The minimum atomic E-state index is 0.988. The van der Waals surface area contributed by atoms with Crippen LogP contribution >= 0.6 is 11.3 Å². The van der Waals surface area contributed by atoms with Gasteiger partial charge in [-0.1, -0.05) is 42.5 Å². The molecule has 0 amide bonds. The smallest absolute Gasteiger partial charge is 0.124 e. The third-order valence-corrected chi connectivity index (χ3v) is 4.80. The molecule has 1 aliphatic heterocycles. The molecule has 2 nitrogen and oxygen atoms in total. The first-order valence-corrected chi connectivity index (χ1v) is 8.12. The number of rotatable bonds is 2. The van der Waals surface area contributed by atoms with Crippen molar-refractivity contribution in [2.24, 2.45) is 0 Å². The fraction of sp³-hybridized carbons (Fsp3) is 0.167. The van der Waals surface area contributed by atoms with Gasteiger partial charge in [0.05, 0.1) is 5.69 Å². The number of nitrogens with one attached hydrogen (secondary N) is 1. The van der Waals surface area contributed by atoms with E-state index in [1.165, 1.54) is 22.3 Å². The Hall–Kier alpha value is -1.97. The van der Waals surface area contributed by atoms with Gasteiger partial charge >= 0.3 is 0 Å². The van der Waals surface area contributed by atoms with Crippen LogP contribution in [0.25, 0.3) is 21.8 Å². The van der Waals surface area contributed by atoms with Crippen LogP contribution in [0.5, 0.6) is 0 Å². The van der Waals surface area contributed by atoms with Crippen molar-refractivity contribution in [3.05, 3.63) is 65.0 Å². The first-order valence-electron chi connectivity index (χ1n) is 7.24. The lowest BCUT2D eigenvalue weighted by Crippen LogP contribution is -2.23. The van der Waals surface area contributed by atoms with Crippen LogP contribution in [0.3, 0.4) is 0 Å². The zero-order valence-corrected chi connectivity index (χ0v) is 12.5. The Morgan fingerprint density at radius 3 is 2.76 bits per heavy atom. The van der Waals surface area contributed by atoms with Crippen molar-refractivity contribution in [2.75, 3.05) is 6.54 Å². The predicted octanol–water partition coefficient (Wildman–Crippen LogP) is 4.12. The fourth-order valence-electron chi connectivity index (χ4n) is 2.76. The van der Waals surface area contributed by atoms with E-state index in [-0.39, 0.29) is 0 Å². The lowest BCUT2D eigenvalue weighted by atomic mass is 9.98. The second-order valence-corrected chi connectivity index (χ2v) is 6.17. The van der Waals surface area contributed by atoms with Gasteiger partial charge in [0.1, 0.15) is 5.01 Å². The Bertz CT molecular complexity index is 762. The van der Waals surface area contributed by atoms with E-state index in [4.69, 9.17) is 4.98 Å². The highest BCUT2D eigenvalue weighted by atomic mass is 32.1. The second kappa shape index (κ2) is 5.43. The molecule has 21 heavy (non-hydrogen) atoms. The van der Waals surface area contributed by atoms with Crippen LogP contribution in [0.2, 0.25) is 0 Å². The first kappa shape index (κ1) is 12.7. The summed E-state index contributed by atoms with van der Waals surface area (Å²) in [7, 11) is 0. The maximum atomic E-state index is 4.80. The number of thiazole rings is 1. The lowest BCUT2D eigenvalue weighted by Gasteiger charge is -2.17. The van der Waals surface area contributed by atoms with Crippen molar-refractivity contribution < 1.29 is 0 Å². The van der Waals surface area contributed by atoms with E-state index >= 15 is 0 Å². The highest BCUT2D eigenvalue weighted by Crippen LogP contribution is 2.30. The largest absolute Gasteiger partial charge is 0.312 e. The molecule has 1 N–H and O–H groups in total. The van der Waals surface area contributed by atoms with Crippen LogP contribution in [0, 0.1) is 0 Å². The van der Waals surface area contributed by atoms with Crippen molar-refractivity contribution >= 4 is 11.3 Å². The first-order chi connectivity index (χ1) is 10.4. The summed E-state index contributed by atoms with van der Waals surface area (Å²) in [6.45, 7) is 2.06. The molecule has 2 aromatic carbocycles. The Labute approximate surface area is 128 Å². The number of benzene rings is 2. The minimum Gasteiger partial charge on any atom is -0.312 e. The van der Waals surface area contributed by atoms with Gasteiger partial charge < -0.3 is 5.32 Å². The summed E-state index contributed by atoms with van der Waals surface area (Å²) in [4.78, 5) is 4.80. The third-order valence-electron chi connectivity index (χ3n) is 3.91. The normalized spacial score (nSPS) is 13.9. The van der Waals surface area contributed by atoms with Crippen LogP contribution in [0.4, 0.5) is 0 Å². The average Bonchev–Trinajstić information content (AvgIpc) is 3.05. The van der Waals surface area contributed by atoms with Gasteiger partial charge in [0, 0.05) is 23.1 Å². The van der Waals surface area contributed by atoms with Crippen molar-refractivity contribution in [1.29, 1.82) is 0 Å². The summed E-state index contributed by atoms with van der Waals surface area (Å²) >= 11 is 1.71. The number of fused-ring (bicyclic) bond motifs is 1. The molecular formula is C18H16N2S. The molecule has 0 spiro atoms. The maximum absolute atomic E-state index is 4.80. The summed E-state index contributed by atoms with van der Waals surface area (Å²) in [5.41, 5.74) is 6.38. The highest BCUT2D eigenvalue weighted by molar-refractivity contribution is 7.13. The van der Waals surface area contributed by atoms with E-state index < -0.39 is 0 Å². The fourth-order valence-corrected chi connectivity index (χ4v) is 3.59. The lowest BCUT2D eigenvalue weighted by molar-refractivity contribution is 0.644. The quantitative estimate of drug-likeness (QED) is 0.768. The van der Waals surface area contributed by atoms with E-state index in [1.807, 2.05) is 6.07 Å². The van der Waals surface area contributed by atoms with Crippen molar-refractivity contribution in [1.82, 2.24) is 10.3 Å². The molecule has 2 heterocycles. The average molecular weight is 292 g/mol. The number of hydrogen-bond acceptors (Lipinski definition) is 3. The Morgan fingerprint density at radius 2 is 1.86 bits per heavy atom. The molecule has 3 aromatic rings. The van der Waals surface area contributed by atoms with Gasteiger partial charge in [0.2, 0.25) is 0 Å². The molecule has 0 bridgehead atoms. The summed E-state index contributed by atoms with van der Waals surface area (Å²) < 4.78 is 0. The van der Waals surface area contributed by atoms with Gasteiger partial charge in [-0.15, -0.1) is 11.3 Å². The molecule has 0 aliphatic carbocycles. The van der Waals surface area contributed by atoms with Gasteiger partial charge in [-0.3, -0.25) is 0 Å². The SMILES string of the molecule is c1ccc(-c2nc(-c3ccc4c(c3)CCNC4)cs2)cc1. The van der Waals surface area contributed by atoms with E-state index in [0.29, 0.717) is 0 Å². The molecule has 0 saturated heterocycles.